The molecule has 1 aromatic rings. The summed E-state index contributed by atoms with van der Waals surface area (Å²) in [5.74, 6) is 0.564. The van der Waals surface area contributed by atoms with Gasteiger partial charge in [-0.15, -0.1) is 12.4 Å². The van der Waals surface area contributed by atoms with E-state index in [0.29, 0.717) is 17.2 Å². The SMILES string of the molecule is CCN(CC(C)C)C(=O)c1ccc(N)cc1.Cl. The first-order valence-corrected chi connectivity index (χ1v) is 5.69. The quantitative estimate of drug-likeness (QED) is 0.842. The van der Waals surface area contributed by atoms with Crippen molar-refractivity contribution >= 4 is 24.0 Å². The van der Waals surface area contributed by atoms with Crippen molar-refractivity contribution in [1.29, 1.82) is 0 Å². The number of benzene rings is 1. The van der Waals surface area contributed by atoms with Crippen LogP contribution in [0.3, 0.4) is 0 Å². The Kier molecular flexibility index (Phi) is 6.66. The smallest absolute Gasteiger partial charge is 0.253 e. The molecular formula is C13H21ClN2O. The van der Waals surface area contributed by atoms with Gasteiger partial charge < -0.3 is 10.6 Å². The molecule has 1 rings (SSSR count). The van der Waals surface area contributed by atoms with E-state index in [-0.39, 0.29) is 18.3 Å². The lowest BCUT2D eigenvalue weighted by atomic mass is 10.1. The van der Waals surface area contributed by atoms with Crippen molar-refractivity contribution in [2.75, 3.05) is 18.8 Å². The van der Waals surface area contributed by atoms with Crippen LogP contribution in [0, 0.1) is 5.92 Å². The van der Waals surface area contributed by atoms with E-state index in [1.807, 2.05) is 11.8 Å². The number of hydrogen-bond acceptors (Lipinski definition) is 2. The van der Waals surface area contributed by atoms with Gasteiger partial charge in [-0.05, 0) is 37.1 Å². The highest BCUT2D eigenvalue weighted by atomic mass is 35.5. The number of rotatable bonds is 4. The molecule has 2 N–H and O–H groups in total. The van der Waals surface area contributed by atoms with Gasteiger partial charge in [0.25, 0.3) is 5.91 Å². The molecule has 0 fully saturated rings. The first kappa shape index (κ1) is 15.8. The molecule has 0 saturated carbocycles. The number of nitrogens with zero attached hydrogens (tertiary/aromatic N) is 1. The van der Waals surface area contributed by atoms with Gasteiger partial charge in [0.2, 0.25) is 0 Å². The maximum Gasteiger partial charge on any atom is 0.253 e. The van der Waals surface area contributed by atoms with Gasteiger partial charge in [0, 0.05) is 24.3 Å². The number of hydrogen-bond donors (Lipinski definition) is 1. The van der Waals surface area contributed by atoms with Crippen molar-refractivity contribution in [3.63, 3.8) is 0 Å². The largest absolute Gasteiger partial charge is 0.399 e. The molecule has 1 aromatic carbocycles. The standard InChI is InChI=1S/C13H20N2O.ClH/c1-4-15(9-10(2)3)13(16)11-5-7-12(14)8-6-11;/h5-8,10H,4,9,14H2,1-3H3;1H. The van der Waals surface area contributed by atoms with Gasteiger partial charge in [0.15, 0.2) is 0 Å². The van der Waals surface area contributed by atoms with Crippen molar-refractivity contribution in [2.24, 2.45) is 5.92 Å². The first-order chi connectivity index (χ1) is 7.54. The van der Waals surface area contributed by atoms with Crippen LogP contribution in [-0.2, 0) is 0 Å². The predicted octanol–water partition coefficient (Wildman–Crippen LogP) is 2.81. The molecule has 0 aliphatic carbocycles. The number of carbonyl (C=O) groups excluding carboxylic acids is 1. The van der Waals surface area contributed by atoms with E-state index in [1.165, 1.54) is 0 Å². The summed E-state index contributed by atoms with van der Waals surface area (Å²) >= 11 is 0. The molecule has 1 amide bonds. The van der Waals surface area contributed by atoms with E-state index in [0.717, 1.165) is 13.1 Å². The first-order valence-electron chi connectivity index (χ1n) is 5.69. The van der Waals surface area contributed by atoms with E-state index in [2.05, 4.69) is 13.8 Å². The summed E-state index contributed by atoms with van der Waals surface area (Å²) in [5, 5.41) is 0. The summed E-state index contributed by atoms with van der Waals surface area (Å²) in [6, 6.07) is 7.08. The number of anilines is 1. The molecule has 0 bridgehead atoms. The second kappa shape index (κ2) is 7.17. The fourth-order valence-corrected chi connectivity index (χ4v) is 1.60. The monoisotopic (exact) mass is 256 g/mol. The van der Waals surface area contributed by atoms with Crippen LogP contribution in [0.4, 0.5) is 5.69 Å². The summed E-state index contributed by atoms with van der Waals surface area (Å²) in [5.41, 5.74) is 6.98. The third-order valence-corrected chi connectivity index (χ3v) is 2.41. The molecule has 4 heteroatoms. The average molecular weight is 257 g/mol. The third-order valence-electron chi connectivity index (χ3n) is 2.41. The van der Waals surface area contributed by atoms with Crippen molar-refractivity contribution in [3.8, 4) is 0 Å². The van der Waals surface area contributed by atoms with Crippen LogP contribution < -0.4 is 5.73 Å². The number of amides is 1. The second-order valence-corrected chi connectivity index (χ2v) is 4.36. The molecule has 0 saturated heterocycles. The van der Waals surface area contributed by atoms with E-state index >= 15 is 0 Å². The molecule has 0 radical (unpaired) electrons. The van der Waals surface area contributed by atoms with Crippen LogP contribution >= 0.6 is 12.4 Å². The summed E-state index contributed by atoms with van der Waals surface area (Å²) < 4.78 is 0. The van der Waals surface area contributed by atoms with Crippen LogP contribution in [-0.4, -0.2) is 23.9 Å². The van der Waals surface area contributed by atoms with Gasteiger partial charge in [0.1, 0.15) is 0 Å². The second-order valence-electron chi connectivity index (χ2n) is 4.36. The zero-order valence-corrected chi connectivity index (χ0v) is 11.5. The molecule has 0 aliphatic rings. The van der Waals surface area contributed by atoms with Crippen molar-refractivity contribution in [3.05, 3.63) is 29.8 Å². The molecule has 0 aliphatic heterocycles. The Labute approximate surface area is 109 Å². The molecule has 96 valence electrons. The lowest BCUT2D eigenvalue weighted by Crippen LogP contribution is -2.33. The lowest BCUT2D eigenvalue weighted by Gasteiger charge is -2.23. The van der Waals surface area contributed by atoms with Gasteiger partial charge in [-0.1, -0.05) is 13.8 Å². The molecule has 3 nitrogen and oxygen atoms in total. The Balaban J connectivity index is 0.00000256. The van der Waals surface area contributed by atoms with Crippen molar-refractivity contribution in [1.82, 2.24) is 4.90 Å². The Hall–Kier alpha value is -1.22. The molecule has 0 heterocycles. The van der Waals surface area contributed by atoms with Crippen LogP contribution in [0.2, 0.25) is 0 Å². The molecule has 0 unspecified atom stereocenters. The normalized spacial score (nSPS) is 9.88. The molecule has 17 heavy (non-hydrogen) atoms. The number of nitrogen functional groups attached to an aromatic ring is 1. The Morgan fingerprint density at radius 1 is 1.29 bits per heavy atom. The van der Waals surface area contributed by atoms with Gasteiger partial charge >= 0.3 is 0 Å². The molecule has 0 atom stereocenters. The third kappa shape index (κ3) is 4.65. The summed E-state index contributed by atoms with van der Waals surface area (Å²) in [7, 11) is 0. The zero-order chi connectivity index (χ0) is 12.1. The minimum atomic E-state index is 0. The van der Waals surface area contributed by atoms with Crippen LogP contribution in [0.25, 0.3) is 0 Å². The molecule has 0 spiro atoms. The summed E-state index contributed by atoms with van der Waals surface area (Å²) in [4.78, 5) is 14.0. The van der Waals surface area contributed by atoms with Gasteiger partial charge in [-0.2, -0.15) is 0 Å². The minimum Gasteiger partial charge on any atom is -0.399 e. The maximum atomic E-state index is 12.1. The Morgan fingerprint density at radius 3 is 2.24 bits per heavy atom. The van der Waals surface area contributed by atoms with Crippen LogP contribution in [0.15, 0.2) is 24.3 Å². The van der Waals surface area contributed by atoms with E-state index in [9.17, 15) is 4.79 Å². The van der Waals surface area contributed by atoms with Crippen LogP contribution in [0.5, 0.6) is 0 Å². The average Bonchev–Trinajstić information content (AvgIpc) is 2.25. The Morgan fingerprint density at radius 2 is 1.82 bits per heavy atom. The topological polar surface area (TPSA) is 46.3 Å². The Bertz CT molecular complexity index is 349. The highest BCUT2D eigenvalue weighted by molar-refractivity contribution is 5.94. The highest BCUT2D eigenvalue weighted by Crippen LogP contribution is 2.10. The zero-order valence-electron chi connectivity index (χ0n) is 10.6. The summed E-state index contributed by atoms with van der Waals surface area (Å²) in [6.45, 7) is 7.75. The van der Waals surface area contributed by atoms with Gasteiger partial charge in [-0.25, -0.2) is 0 Å². The molecular weight excluding hydrogens is 236 g/mol. The number of carbonyl (C=O) groups is 1. The minimum absolute atomic E-state index is 0. The lowest BCUT2D eigenvalue weighted by molar-refractivity contribution is 0.0746. The highest BCUT2D eigenvalue weighted by Gasteiger charge is 2.14. The predicted molar refractivity (Wildman–Crippen MR) is 74.5 cm³/mol. The van der Waals surface area contributed by atoms with E-state index in [4.69, 9.17) is 5.73 Å². The fraction of sp³-hybridized carbons (Fsp3) is 0.462. The van der Waals surface area contributed by atoms with E-state index < -0.39 is 0 Å². The number of halogens is 1. The molecule has 0 aromatic heterocycles. The van der Waals surface area contributed by atoms with Crippen molar-refractivity contribution in [2.45, 2.75) is 20.8 Å². The van der Waals surface area contributed by atoms with Crippen LogP contribution in [0.1, 0.15) is 31.1 Å². The van der Waals surface area contributed by atoms with Gasteiger partial charge in [-0.3, -0.25) is 4.79 Å². The van der Waals surface area contributed by atoms with Crippen molar-refractivity contribution < 1.29 is 4.79 Å². The summed E-state index contributed by atoms with van der Waals surface area (Å²) in [6.07, 6.45) is 0. The van der Waals surface area contributed by atoms with Gasteiger partial charge in [0.05, 0.1) is 0 Å². The fourth-order valence-electron chi connectivity index (χ4n) is 1.60. The van der Waals surface area contributed by atoms with E-state index in [1.54, 1.807) is 24.3 Å². The maximum absolute atomic E-state index is 12.1. The number of nitrogens with two attached hydrogens (primary N) is 1.